The normalized spacial score (nSPS) is 26.4. The molecule has 1 aliphatic heterocycles. The molecule has 1 aromatic heterocycles. The Hall–Kier alpha value is -3.33. The molecule has 1 saturated carbocycles. The van der Waals surface area contributed by atoms with Gasteiger partial charge in [-0.05, 0) is 36.0 Å². The number of rotatable bonds is 5. The summed E-state index contributed by atoms with van der Waals surface area (Å²) >= 11 is 6.38. The second-order valence-corrected chi connectivity index (χ2v) is 10.1. The highest BCUT2D eigenvalue weighted by atomic mass is 35.5. The van der Waals surface area contributed by atoms with Crippen LogP contribution in [0.3, 0.4) is 0 Å². The molecule has 3 aliphatic rings. The SMILES string of the molecule is CC1(C)CCC(=O)Nc2cc(Nc3ncc(Cl)c(N[C@H]4[C@@H](OC(N)=O)[C@@H]5C=C[C@H]4C5)n3)ccc21. The molecule has 1 fully saturated rings. The number of nitrogens with zero attached hydrogens (tertiary/aromatic N) is 2. The fourth-order valence-electron chi connectivity index (χ4n) is 5.17. The minimum absolute atomic E-state index is 0.00542. The Labute approximate surface area is 202 Å². The molecule has 2 aromatic rings. The minimum Gasteiger partial charge on any atom is -0.444 e. The number of nitrogens with two attached hydrogens (primary N) is 1. The molecule has 5 rings (SSSR count). The molecule has 2 amide bonds. The number of fused-ring (bicyclic) bond motifs is 3. The monoisotopic (exact) mass is 482 g/mol. The van der Waals surface area contributed by atoms with Crippen molar-refractivity contribution in [1.29, 1.82) is 0 Å². The van der Waals surface area contributed by atoms with Crippen LogP contribution < -0.4 is 21.7 Å². The molecule has 4 atom stereocenters. The highest BCUT2D eigenvalue weighted by molar-refractivity contribution is 6.32. The highest BCUT2D eigenvalue weighted by Gasteiger charge is 2.47. The van der Waals surface area contributed by atoms with Crippen molar-refractivity contribution in [3.8, 4) is 0 Å². The third-order valence-corrected chi connectivity index (χ3v) is 7.22. The van der Waals surface area contributed by atoms with E-state index in [1.54, 1.807) is 0 Å². The summed E-state index contributed by atoms with van der Waals surface area (Å²) in [5, 5.41) is 9.88. The maximum Gasteiger partial charge on any atom is 0.404 e. The van der Waals surface area contributed by atoms with Gasteiger partial charge >= 0.3 is 6.09 Å². The number of benzene rings is 1. The van der Waals surface area contributed by atoms with Crippen molar-refractivity contribution in [2.45, 2.75) is 50.7 Å². The van der Waals surface area contributed by atoms with Gasteiger partial charge in [-0.2, -0.15) is 4.98 Å². The van der Waals surface area contributed by atoms with Gasteiger partial charge in [-0.25, -0.2) is 9.78 Å². The van der Waals surface area contributed by atoms with E-state index < -0.39 is 6.09 Å². The van der Waals surface area contributed by atoms with E-state index in [0.717, 1.165) is 29.8 Å². The highest BCUT2D eigenvalue weighted by Crippen LogP contribution is 2.43. The fraction of sp³-hybridized carbons (Fsp3) is 0.417. The molecule has 9 nitrogen and oxygen atoms in total. The first kappa shape index (κ1) is 22.5. The van der Waals surface area contributed by atoms with Crippen molar-refractivity contribution in [2.24, 2.45) is 17.6 Å². The number of hydrogen-bond donors (Lipinski definition) is 4. The van der Waals surface area contributed by atoms with Crippen molar-refractivity contribution >= 4 is 46.7 Å². The van der Waals surface area contributed by atoms with E-state index in [0.29, 0.717) is 23.2 Å². The smallest absolute Gasteiger partial charge is 0.404 e. The summed E-state index contributed by atoms with van der Waals surface area (Å²) in [4.78, 5) is 32.4. The van der Waals surface area contributed by atoms with E-state index in [9.17, 15) is 9.59 Å². The molecular weight excluding hydrogens is 456 g/mol. The Kier molecular flexibility index (Phi) is 5.59. The number of carbonyl (C=O) groups is 2. The zero-order valence-electron chi connectivity index (χ0n) is 19.0. The maximum atomic E-state index is 12.2. The minimum atomic E-state index is -0.799. The van der Waals surface area contributed by atoms with Gasteiger partial charge in [-0.15, -0.1) is 0 Å². The Morgan fingerprint density at radius 2 is 2.09 bits per heavy atom. The van der Waals surface area contributed by atoms with Gasteiger partial charge in [-0.1, -0.05) is 43.7 Å². The van der Waals surface area contributed by atoms with Gasteiger partial charge in [0.25, 0.3) is 0 Å². The topological polar surface area (TPSA) is 131 Å². The second-order valence-electron chi connectivity index (χ2n) is 9.73. The predicted octanol–water partition coefficient (Wildman–Crippen LogP) is 4.33. The molecule has 0 radical (unpaired) electrons. The van der Waals surface area contributed by atoms with Crippen LogP contribution in [0.2, 0.25) is 5.02 Å². The number of hydrogen-bond acceptors (Lipinski definition) is 7. The summed E-state index contributed by atoms with van der Waals surface area (Å²) in [5.41, 5.74) is 7.78. The van der Waals surface area contributed by atoms with Gasteiger partial charge in [0.1, 0.15) is 11.1 Å². The molecule has 0 spiro atoms. The quantitative estimate of drug-likeness (QED) is 0.466. The van der Waals surface area contributed by atoms with Crippen LogP contribution >= 0.6 is 11.6 Å². The number of primary amides is 1. The summed E-state index contributed by atoms with van der Waals surface area (Å²) in [6.07, 6.45) is 6.65. The van der Waals surface area contributed by atoms with E-state index in [2.05, 4.69) is 51.9 Å². The number of amides is 2. The zero-order chi connectivity index (χ0) is 24.0. The Morgan fingerprint density at radius 1 is 1.29 bits per heavy atom. The van der Waals surface area contributed by atoms with Crippen LogP contribution in [-0.4, -0.2) is 34.1 Å². The number of carbonyl (C=O) groups excluding carboxylic acids is 2. The molecule has 5 N–H and O–H groups in total. The van der Waals surface area contributed by atoms with Crippen molar-refractivity contribution in [1.82, 2.24) is 9.97 Å². The third kappa shape index (κ3) is 4.27. The van der Waals surface area contributed by atoms with Gasteiger partial charge < -0.3 is 26.4 Å². The number of nitrogens with one attached hydrogen (secondary N) is 3. The molecule has 1 aromatic carbocycles. The number of halogens is 1. The molecular formula is C24H27ClN6O3. The summed E-state index contributed by atoms with van der Waals surface area (Å²) in [6.45, 7) is 4.28. The van der Waals surface area contributed by atoms with E-state index in [-0.39, 0.29) is 35.3 Å². The van der Waals surface area contributed by atoms with E-state index in [1.165, 1.54) is 6.20 Å². The number of ether oxygens (including phenoxy) is 1. The standard InChI is InChI=1S/C24H27ClN6O3/c1-24(2)8-7-18(32)29-17-10-14(5-6-15(17)24)28-23-27-11-16(25)21(31-23)30-19-12-3-4-13(9-12)20(19)34-22(26)33/h3-6,10-13,19-20H,7-9H2,1-2H3,(H2,26,33)(H,29,32)(H2,27,28,30,31)/t12-,13+,19+,20-/m0/s1. The maximum absolute atomic E-state index is 12.2. The van der Waals surface area contributed by atoms with Crippen LogP contribution in [0.25, 0.3) is 0 Å². The van der Waals surface area contributed by atoms with Crippen LogP contribution in [0.4, 0.5) is 27.9 Å². The lowest BCUT2D eigenvalue weighted by atomic mass is 9.80. The molecule has 34 heavy (non-hydrogen) atoms. The average Bonchev–Trinajstić information content (AvgIpc) is 3.34. The lowest BCUT2D eigenvalue weighted by Crippen LogP contribution is -2.41. The molecule has 10 heteroatoms. The molecule has 2 bridgehead atoms. The van der Waals surface area contributed by atoms with Gasteiger partial charge in [-0.3, -0.25) is 4.79 Å². The molecule has 0 saturated heterocycles. The largest absolute Gasteiger partial charge is 0.444 e. The van der Waals surface area contributed by atoms with Gasteiger partial charge in [0.2, 0.25) is 11.9 Å². The van der Waals surface area contributed by atoms with Crippen LogP contribution in [0, 0.1) is 11.8 Å². The fourth-order valence-corrected chi connectivity index (χ4v) is 5.31. The van der Waals surface area contributed by atoms with Crippen molar-refractivity contribution in [3.05, 3.63) is 47.1 Å². The average molecular weight is 483 g/mol. The first-order valence-corrected chi connectivity index (χ1v) is 11.7. The third-order valence-electron chi connectivity index (χ3n) is 6.94. The number of anilines is 4. The van der Waals surface area contributed by atoms with Crippen LogP contribution in [0.15, 0.2) is 36.5 Å². The van der Waals surface area contributed by atoms with Crippen molar-refractivity contribution in [3.63, 3.8) is 0 Å². The van der Waals surface area contributed by atoms with E-state index in [1.807, 2.05) is 18.2 Å². The summed E-state index contributed by atoms with van der Waals surface area (Å²) < 4.78 is 5.37. The first-order chi connectivity index (χ1) is 16.2. The Bertz CT molecular complexity index is 1180. The molecule has 178 valence electrons. The van der Waals surface area contributed by atoms with Crippen LogP contribution in [0.1, 0.15) is 38.7 Å². The summed E-state index contributed by atoms with van der Waals surface area (Å²) in [6, 6.07) is 5.67. The lowest BCUT2D eigenvalue weighted by molar-refractivity contribution is -0.116. The van der Waals surface area contributed by atoms with Crippen molar-refractivity contribution < 1.29 is 14.3 Å². The predicted molar refractivity (Wildman–Crippen MR) is 130 cm³/mol. The summed E-state index contributed by atoms with van der Waals surface area (Å²) in [7, 11) is 0. The van der Waals surface area contributed by atoms with Crippen molar-refractivity contribution in [2.75, 3.05) is 16.0 Å². The van der Waals surface area contributed by atoms with E-state index >= 15 is 0 Å². The molecule has 2 heterocycles. The van der Waals surface area contributed by atoms with Crippen LogP contribution in [-0.2, 0) is 14.9 Å². The van der Waals surface area contributed by atoms with Gasteiger partial charge in [0.15, 0.2) is 5.82 Å². The van der Waals surface area contributed by atoms with Crippen LogP contribution in [0.5, 0.6) is 0 Å². The van der Waals surface area contributed by atoms with Gasteiger partial charge in [0.05, 0.1) is 12.2 Å². The summed E-state index contributed by atoms with van der Waals surface area (Å²) in [5.74, 6) is 1.09. The van der Waals surface area contributed by atoms with Gasteiger partial charge in [0, 0.05) is 29.6 Å². The first-order valence-electron chi connectivity index (χ1n) is 11.3. The van der Waals surface area contributed by atoms with E-state index in [4.69, 9.17) is 22.1 Å². The molecule has 0 unspecified atom stereocenters. The Balaban J connectivity index is 1.37. The molecule has 2 aliphatic carbocycles. The number of aromatic nitrogens is 2. The second kappa shape index (κ2) is 8.47. The zero-order valence-corrected chi connectivity index (χ0v) is 19.7. The Morgan fingerprint density at radius 3 is 2.88 bits per heavy atom. The lowest BCUT2D eigenvalue weighted by Gasteiger charge is -2.28.